The first kappa shape index (κ1) is 25.2. The van der Waals surface area contributed by atoms with Crippen molar-refractivity contribution in [2.45, 2.75) is 6.92 Å². The summed E-state index contributed by atoms with van der Waals surface area (Å²) in [5, 5.41) is 15.5. The number of benzene rings is 3. The first-order valence-corrected chi connectivity index (χ1v) is 10.5. The van der Waals surface area contributed by atoms with E-state index in [1.807, 2.05) is 0 Å². The number of halogens is 1. The Morgan fingerprint density at radius 3 is 2.46 bits per heavy atom. The second-order valence-corrected chi connectivity index (χ2v) is 7.55. The van der Waals surface area contributed by atoms with Crippen LogP contribution in [0.15, 0.2) is 65.8 Å². The number of hydrogen-bond donors (Lipinski definition) is 1. The molecule has 0 heterocycles. The SMILES string of the molecule is COc1cc(C=NNC(=O)COc2ccc(C)cc2[N+](=O)[O-])ccc1OC(=O)c1ccc(Cl)cc1. The Labute approximate surface area is 205 Å². The number of nitro groups is 1. The average Bonchev–Trinajstić information content (AvgIpc) is 2.84. The van der Waals surface area contributed by atoms with Crippen LogP contribution in [0.1, 0.15) is 21.5 Å². The Hall–Kier alpha value is -4.44. The quantitative estimate of drug-likeness (QED) is 0.153. The van der Waals surface area contributed by atoms with Gasteiger partial charge in [0.15, 0.2) is 23.9 Å². The third-order valence-electron chi connectivity index (χ3n) is 4.54. The highest BCUT2D eigenvalue weighted by atomic mass is 35.5. The summed E-state index contributed by atoms with van der Waals surface area (Å²) in [6.45, 7) is 1.24. The largest absolute Gasteiger partial charge is 0.493 e. The smallest absolute Gasteiger partial charge is 0.343 e. The van der Waals surface area contributed by atoms with Gasteiger partial charge < -0.3 is 14.2 Å². The zero-order chi connectivity index (χ0) is 25.4. The third kappa shape index (κ3) is 7.02. The Bertz CT molecular complexity index is 1280. The highest BCUT2D eigenvalue weighted by Gasteiger charge is 2.16. The molecule has 3 aromatic carbocycles. The van der Waals surface area contributed by atoms with Gasteiger partial charge in [0.25, 0.3) is 5.91 Å². The number of aryl methyl sites for hydroxylation is 1. The highest BCUT2D eigenvalue weighted by Crippen LogP contribution is 2.29. The van der Waals surface area contributed by atoms with Crippen molar-refractivity contribution in [2.24, 2.45) is 5.10 Å². The van der Waals surface area contributed by atoms with E-state index in [0.29, 0.717) is 21.7 Å². The number of methoxy groups -OCH3 is 1. The molecular formula is C24H20ClN3O7. The summed E-state index contributed by atoms with van der Waals surface area (Å²) in [5.74, 6) is -0.744. The van der Waals surface area contributed by atoms with Crippen LogP contribution in [0.2, 0.25) is 5.02 Å². The molecule has 0 aliphatic heterocycles. The van der Waals surface area contributed by atoms with E-state index in [9.17, 15) is 19.7 Å². The number of nitrogens with one attached hydrogen (secondary N) is 1. The normalized spacial score (nSPS) is 10.6. The molecule has 3 aromatic rings. The van der Waals surface area contributed by atoms with Crippen molar-refractivity contribution in [3.05, 3.63) is 92.5 Å². The molecule has 11 heteroatoms. The third-order valence-corrected chi connectivity index (χ3v) is 4.80. The Morgan fingerprint density at radius 1 is 1.06 bits per heavy atom. The van der Waals surface area contributed by atoms with Gasteiger partial charge in [0.05, 0.1) is 23.8 Å². The molecule has 0 fully saturated rings. The van der Waals surface area contributed by atoms with Crippen molar-refractivity contribution in [2.75, 3.05) is 13.7 Å². The van der Waals surface area contributed by atoms with Crippen LogP contribution in [0, 0.1) is 17.0 Å². The number of nitrogens with zero attached hydrogens (tertiary/aromatic N) is 2. The molecule has 1 amide bonds. The Morgan fingerprint density at radius 2 is 1.77 bits per heavy atom. The van der Waals surface area contributed by atoms with Crippen LogP contribution in [0.4, 0.5) is 5.69 Å². The van der Waals surface area contributed by atoms with Crippen molar-refractivity contribution < 1.29 is 28.7 Å². The lowest BCUT2D eigenvalue weighted by Gasteiger charge is -2.10. The summed E-state index contributed by atoms with van der Waals surface area (Å²) < 4.78 is 15.9. The molecule has 10 nitrogen and oxygen atoms in total. The zero-order valence-corrected chi connectivity index (χ0v) is 19.4. The molecule has 0 saturated carbocycles. The van der Waals surface area contributed by atoms with Crippen LogP contribution < -0.4 is 19.6 Å². The number of nitro benzene ring substituents is 1. The molecule has 0 bridgehead atoms. The van der Waals surface area contributed by atoms with Crippen LogP contribution in [0.3, 0.4) is 0 Å². The van der Waals surface area contributed by atoms with E-state index in [4.69, 9.17) is 25.8 Å². The van der Waals surface area contributed by atoms with Gasteiger partial charge in [-0.3, -0.25) is 14.9 Å². The van der Waals surface area contributed by atoms with Crippen molar-refractivity contribution in [1.29, 1.82) is 0 Å². The molecule has 3 rings (SSSR count). The van der Waals surface area contributed by atoms with Gasteiger partial charge in [-0.05, 0) is 66.6 Å². The zero-order valence-electron chi connectivity index (χ0n) is 18.7. The predicted octanol–water partition coefficient (Wildman–Crippen LogP) is 4.31. The number of rotatable bonds is 9. The molecule has 0 unspecified atom stereocenters. The van der Waals surface area contributed by atoms with Gasteiger partial charge in [-0.1, -0.05) is 17.7 Å². The standard InChI is InChI=1S/C24H20ClN3O7/c1-15-3-9-20(19(11-15)28(31)32)34-14-23(29)27-26-13-16-4-10-21(22(12-16)33-2)35-24(30)17-5-7-18(25)8-6-17/h3-13H,14H2,1-2H3,(H,27,29). The summed E-state index contributed by atoms with van der Waals surface area (Å²) in [7, 11) is 1.42. The molecule has 0 atom stereocenters. The average molecular weight is 498 g/mol. The van der Waals surface area contributed by atoms with Crippen LogP contribution in [-0.4, -0.2) is 36.7 Å². The second kappa shape index (κ2) is 11.6. The summed E-state index contributed by atoms with van der Waals surface area (Å²) in [5.41, 5.74) is 3.60. The van der Waals surface area contributed by atoms with Gasteiger partial charge in [-0.25, -0.2) is 10.2 Å². The topological polar surface area (TPSA) is 129 Å². The summed E-state index contributed by atoms with van der Waals surface area (Å²) >= 11 is 5.83. The van der Waals surface area contributed by atoms with Gasteiger partial charge in [-0.15, -0.1) is 0 Å². The number of amides is 1. The number of hydrazone groups is 1. The minimum absolute atomic E-state index is 0.0202. The maximum absolute atomic E-state index is 12.3. The van der Waals surface area contributed by atoms with Crippen molar-refractivity contribution in [1.82, 2.24) is 5.43 Å². The summed E-state index contributed by atoms with van der Waals surface area (Å²) in [6, 6.07) is 15.4. The molecule has 0 saturated heterocycles. The minimum atomic E-state index is -0.614. The van der Waals surface area contributed by atoms with Gasteiger partial charge in [0.1, 0.15) is 0 Å². The Balaban J connectivity index is 1.58. The van der Waals surface area contributed by atoms with E-state index in [-0.39, 0.29) is 22.9 Å². The first-order valence-electron chi connectivity index (χ1n) is 10.1. The number of ether oxygens (including phenoxy) is 3. The van der Waals surface area contributed by atoms with E-state index in [1.165, 1.54) is 31.5 Å². The van der Waals surface area contributed by atoms with Gasteiger partial charge in [0, 0.05) is 11.1 Å². The fourth-order valence-corrected chi connectivity index (χ4v) is 2.97. The van der Waals surface area contributed by atoms with Crippen molar-refractivity contribution >= 4 is 35.4 Å². The molecule has 180 valence electrons. The van der Waals surface area contributed by atoms with Crippen LogP contribution in [-0.2, 0) is 4.79 Å². The predicted molar refractivity (Wildman–Crippen MR) is 128 cm³/mol. The fourth-order valence-electron chi connectivity index (χ4n) is 2.84. The molecule has 1 N–H and O–H groups in total. The summed E-state index contributed by atoms with van der Waals surface area (Å²) in [6.07, 6.45) is 1.35. The number of esters is 1. The monoisotopic (exact) mass is 497 g/mol. The van der Waals surface area contributed by atoms with E-state index >= 15 is 0 Å². The lowest BCUT2D eigenvalue weighted by Crippen LogP contribution is -2.24. The van der Waals surface area contributed by atoms with Gasteiger partial charge >= 0.3 is 11.7 Å². The first-order chi connectivity index (χ1) is 16.8. The van der Waals surface area contributed by atoms with E-state index in [2.05, 4.69) is 10.5 Å². The molecule has 0 aromatic heterocycles. The number of carbonyl (C=O) groups excluding carboxylic acids is 2. The number of carbonyl (C=O) groups is 2. The van der Waals surface area contributed by atoms with Crippen molar-refractivity contribution in [3.63, 3.8) is 0 Å². The molecule has 35 heavy (non-hydrogen) atoms. The van der Waals surface area contributed by atoms with E-state index in [0.717, 1.165) is 0 Å². The molecule has 0 radical (unpaired) electrons. The van der Waals surface area contributed by atoms with Crippen molar-refractivity contribution in [3.8, 4) is 17.2 Å². The van der Waals surface area contributed by atoms with Crippen LogP contribution in [0.25, 0.3) is 0 Å². The molecule has 0 spiro atoms. The fraction of sp³-hybridized carbons (Fsp3) is 0.125. The van der Waals surface area contributed by atoms with Gasteiger partial charge in [-0.2, -0.15) is 5.10 Å². The van der Waals surface area contributed by atoms with E-state index in [1.54, 1.807) is 49.4 Å². The summed E-state index contributed by atoms with van der Waals surface area (Å²) in [4.78, 5) is 34.9. The highest BCUT2D eigenvalue weighted by molar-refractivity contribution is 6.30. The second-order valence-electron chi connectivity index (χ2n) is 7.12. The minimum Gasteiger partial charge on any atom is -0.493 e. The molecular weight excluding hydrogens is 478 g/mol. The molecule has 0 aliphatic rings. The maximum Gasteiger partial charge on any atom is 0.343 e. The maximum atomic E-state index is 12.3. The van der Waals surface area contributed by atoms with E-state index < -0.39 is 23.4 Å². The van der Waals surface area contributed by atoms with Gasteiger partial charge in [0.2, 0.25) is 0 Å². The van der Waals surface area contributed by atoms with Crippen LogP contribution in [0.5, 0.6) is 17.2 Å². The van der Waals surface area contributed by atoms with Crippen LogP contribution >= 0.6 is 11.6 Å². The Kier molecular flexibility index (Phi) is 8.36. The lowest BCUT2D eigenvalue weighted by molar-refractivity contribution is -0.385. The number of hydrogen-bond acceptors (Lipinski definition) is 8. The molecule has 0 aliphatic carbocycles. The lowest BCUT2D eigenvalue weighted by atomic mass is 10.2.